The highest BCUT2D eigenvalue weighted by molar-refractivity contribution is 7.25. The van der Waals surface area contributed by atoms with E-state index in [4.69, 9.17) is 16.6 Å². The summed E-state index contributed by atoms with van der Waals surface area (Å²) in [6, 6.07) is 22.6. The fraction of sp³-hybridized carbons (Fsp3) is 0. The van der Waals surface area contributed by atoms with E-state index in [9.17, 15) is 0 Å². The van der Waals surface area contributed by atoms with Gasteiger partial charge in [-0.05, 0) is 16.8 Å². The molecule has 0 N–H and O–H groups in total. The van der Waals surface area contributed by atoms with Crippen LogP contribution in [0.2, 0.25) is 5.15 Å². The number of aromatic nitrogens is 2. The molecule has 0 amide bonds. The van der Waals surface area contributed by atoms with Crippen LogP contribution < -0.4 is 0 Å². The Morgan fingerprint density at radius 3 is 2.42 bits per heavy atom. The normalized spacial score (nSPS) is 11.5. The second kappa shape index (κ2) is 5.26. The zero-order valence-electron chi connectivity index (χ0n) is 12.5. The standard InChI is InChI=1S/C20H11ClN2S/c21-18-17-16-14-9-5-4-6-12(14)10-11-15(16)24-20(17)23-19(22-18)13-7-2-1-3-8-13/h1-11H. The lowest BCUT2D eigenvalue weighted by atomic mass is 10.1. The Bertz CT molecular complexity index is 1210. The summed E-state index contributed by atoms with van der Waals surface area (Å²) in [6.07, 6.45) is 0. The van der Waals surface area contributed by atoms with Crippen LogP contribution in [0, 0.1) is 0 Å². The van der Waals surface area contributed by atoms with Crippen molar-refractivity contribution in [1.82, 2.24) is 9.97 Å². The molecule has 0 aliphatic heterocycles. The number of thiophene rings is 1. The molecule has 3 aromatic carbocycles. The summed E-state index contributed by atoms with van der Waals surface area (Å²) in [5, 5.41) is 5.01. The molecule has 0 saturated heterocycles. The Morgan fingerprint density at radius 1 is 0.750 bits per heavy atom. The van der Waals surface area contributed by atoms with Crippen LogP contribution in [0.25, 0.3) is 42.5 Å². The third-order valence-electron chi connectivity index (χ3n) is 4.21. The predicted molar refractivity (Wildman–Crippen MR) is 103 cm³/mol. The predicted octanol–water partition coefficient (Wildman–Crippen LogP) is 6.32. The van der Waals surface area contributed by atoms with Gasteiger partial charge in [-0.25, -0.2) is 9.97 Å². The number of rotatable bonds is 1. The minimum atomic E-state index is 0.515. The molecule has 0 aliphatic rings. The van der Waals surface area contributed by atoms with E-state index in [1.54, 1.807) is 11.3 Å². The maximum atomic E-state index is 6.59. The van der Waals surface area contributed by atoms with Crippen LogP contribution in [0.1, 0.15) is 0 Å². The minimum absolute atomic E-state index is 0.515. The van der Waals surface area contributed by atoms with Crippen LogP contribution in [-0.4, -0.2) is 9.97 Å². The smallest absolute Gasteiger partial charge is 0.162 e. The van der Waals surface area contributed by atoms with Gasteiger partial charge in [0.05, 0.1) is 5.39 Å². The number of halogens is 1. The van der Waals surface area contributed by atoms with Gasteiger partial charge in [-0.15, -0.1) is 11.3 Å². The highest BCUT2D eigenvalue weighted by Crippen LogP contribution is 2.40. The van der Waals surface area contributed by atoms with Gasteiger partial charge < -0.3 is 0 Å². The van der Waals surface area contributed by atoms with E-state index < -0.39 is 0 Å². The van der Waals surface area contributed by atoms with E-state index >= 15 is 0 Å². The first-order chi connectivity index (χ1) is 11.8. The van der Waals surface area contributed by atoms with Crippen LogP contribution in [0.15, 0.2) is 66.7 Å². The van der Waals surface area contributed by atoms with Crippen molar-refractivity contribution in [1.29, 1.82) is 0 Å². The van der Waals surface area contributed by atoms with Crippen molar-refractivity contribution >= 4 is 54.0 Å². The summed E-state index contributed by atoms with van der Waals surface area (Å²) in [5.41, 5.74) is 0.976. The van der Waals surface area contributed by atoms with E-state index in [-0.39, 0.29) is 0 Å². The number of benzene rings is 3. The van der Waals surface area contributed by atoms with E-state index in [2.05, 4.69) is 35.3 Å². The van der Waals surface area contributed by atoms with Gasteiger partial charge in [0, 0.05) is 15.6 Å². The maximum Gasteiger partial charge on any atom is 0.162 e. The molecule has 0 fully saturated rings. The van der Waals surface area contributed by atoms with E-state index in [0.29, 0.717) is 11.0 Å². The summed E-state index contributed by atoms with van der Waals surface area (Å²) < 4.78 is 1.19. The molecule has 0 radical (unpaired) electrons. The molecule has 5 aromatic rings. The summed E-state index contributed by atoms with van der Waals surface area (Å²) in [6.45, 7) is 0. The van der Waals surface area contributed by atoms with Crippen LogP contribution >= 0.6 is 22.9 Å². The summed E-state index contributed by atoms with van der Waals surface area (Å²) >= 11 is 8.25. The maximum absolute atomic E-state index is 6.59. The highest BCUT2D eigenvalue weighted by Gasteiger charge is 2.15. The molecule has 0 aliphatic carbocycles. The molecular weight excluding hydrogens is 336 g/mol. The SMILES string of the molecule is Clc1nc(-c2ccccc2)nc2sc3ccc4ccccc4c3c12. The van der Waals surface area contributed by atoms with E-state index in [1.807, 2.05) is 36.4 Å². The number of hydrogen-bond donors (Lipinski definition) is 0. The third-order valence-corrected chi connectivity index (χ3v) is 5.53. The minimum Gasteiger partial charge on any atom is -0.217 e. The first-order valence-electron chi connectivity index (χ1n) is 7.64. The quantitative estimate of drug-likeness (QED) is 0.332. The Labute approximate surface area is 147 Å². The molecule has 5 rings (SSSR count). The largest absolute Gasteiger partial charge is 0.217 e. The fourth-order valence-electron chi connectivity index (χ4n) is 3.11. The first-order valence-corrected chi connectivity index (χ1v) is 8.83. The molecule has 4 heteroatoms. The Kier molecular flexibility index (Phi) is 3.05. The van der Waals surface area contributed by atoms with Gasteiger partial charge in [0.25, 0.3) is 0 Å². The lowest BCUT2D eigenvalue weighted by Crippen LogP contribution is -1.89. The van der Waals surface area contributed by atoms with Gasteiger partial charge >= 0.3 is 0 Å². The van der Waals surface area contributed by atoms with Crippen molar-refractivity contribution in [2.45, 2.75) is 0 Å². The average molecular weight is 347 g/mol. The Hall–Kier alpha value is -2.49. The topological polar surface area (TPSA) is 25.8 Å². The molecule has 0 saturated carbocycles. The van der Waals surface area contributed by atoms with Gasteiger partial charge in [-0.1, -0.05) is 72.3 Å². The van der Waals surface area contributed by atoms with Crippen molar-refractivity contribution in [3.05, 3.63) is 71.9 Å². The van der Waals surface area contributed by atoms with Crippen molar-refractivity contribution in [3.63, 3.8) is 0 Å². The lowest BCUT2D eigenvalue weighted by molar-refractivity contribution is 1.24. The lowest BCUT2D eigenvalue weighted by Gasteiger charge is -2.03. The number of nitrogens with zero attached hydrogens (tertiary/aromatic N) is 2. The summed E-state index contributed by atoms with van der Waals surface area (Å²) in [7, 11) is 0. The van der Waals surface area contributed by atoms with Gasteiger partial charge in [0.1, 0.15) is 9.98 Å². The van der Waals surface area contributed by atoms with Crippen LogP contribution in [0.4, 0.5) is 0 Å². The van der Waals surface area contributed by atoms with Crippen molar-refractivity contribution in [2.24, 2.45) is 0 Å². The van der Waals surface area contributed by atoms with Gasteiger partial charge in [-0.2, -0.15) is 0 Å². The second-order valence-electron chi connectivity index (χ2n) is 5.65. The number of hydrogen-bond acceptors (Lipinski definition) is 3. The van der Waals surface area contributed by atoms with Crippen LogP contribution in [0.5, 0.6) is 0 Å². The molecular formula is C20H11ClN2S. The third kappa shape index (κ3) is 2.02. The summed E-state index contributed by atoms with van der Waals surface area (Å²) in [4.78, 5) is 10.3. The average Bonchev–Trinajstić information content (AvgIpc) is 3.02. The molecule has 2 nitrogen and oxygen atoms in total. The molecule has 2 heterocycles. The van der Waals surface area contributed by atoms with E-state index in [1.165, 1.54) is 15.5 Å². The summed E-state index contributed by atoms with van der Waals surface area (Å²) in [5.74, 6) is 0.670. The highest BCUT2D eigenvalue weighted by atomic mass is 35.5. The van der Waals surface area contributed by atoms with E-state index in [0.717, 1.165) is 21.2 Å². The second-order valence-corrected chi connectivity index (χ2v) is 7.03. The first kappa shape index (κ1) is 13.9. The molecule has 0 unspecified atom stereocenters. The molecule has 114 valence electrons. The van der Waals surface area contributed by atoms with Crippen molar-refractivity contribution < 1.29 is 0 Å². The monoisotopic (exact) mass is 346 g/mol. The van der Waals surface area contributed by atoms with Gasteiger partial charge in [-0.3, -0.25) is 0 Å². The molecule has 24 heavy (non-hydrogen) atoms. The van der Waals surface area contributed by atoms with Crippen LogP contribution in [0.3, 0.4) is 0 Å². The Morgan fingerprint density at radius 2 is 1.54 bits per heavy atom. The molecule has 0 bridgehead atoms. The molecule has 0 atom stereocenters. The van der Waals surface area contributed by atoms with Crippen LogP contribution in [-0.2, 0) is 0 Å². The van der Waals surface area contributed by atoms with Crippen molar-refractivity contribution in [2.75, 3.05) is 0 Å². The zero-order valence-corrected chi connectivity index (χ0v) is 14.1. The van der Waals surface area contributed by atoms with Gasteiger partial charge in [0.15, 0.2) is 5.82 Å². The zero-order chi connectivity index (χ0) is 16.1. The number of fused-ring (bicyclic) bond motifs is 5. The van der Waals surface area contributed by atoms with Crippen molar-refractivity contribution in [3.8, 4) is 11.4 Å². The van der Waals surface area contributed by atoms with Gasteiger partial charge in [0.2, 0.25) is 0 Å². The molecule has 2 aromatic heterocycles. The fourth-order valence-corrected chi connectivity index (χ4v) is 4.52. The molecule has 0 spiro atoms. The Balaban J connectivity index is 1.91.